The van der Waals surface area contributed by atoms with Gasteiger partial charge in [0.1, 0.15) is 24.0 Å². The molecule has 0 unspecified atom stereocenters. The maximum atomic E-state index is 14.1. The number of esters is 6. The van der Waals surface area contributed by atoms with E-state index in [1.165, 1.54) is 61.5 Å². The lowest BCUT2D eigenvalue weighted by molar-refractivity contribution is -0.353. The summed E-state index contributed by atoms with van der Waals surface area (Å²) in [6, 6.07) is 29.5. The lowest BCUT2D eigenvalue weighted by atomic mass is 9.96. The normalized spacial score (nSPS) is 24.6. The number of carbonyl (C=O) groups is 6. The number of benzene rings is 4. The van der Waals surface area contributed by atoms with E-state index < -0.39 is 109 Å². The van der Waals surface area contributed by atoms with E-state index in [0.29, 0.717) is 10.9 Å². The third-order valence-electron chi connectivity index (χ3n) is 10.6. The second kappa shape index (κ2) is 21.3. The second-order valence-corrected chi connectivity index (χ2v) is 15.5. The predicted octanol–water partition coefficient (Wildman–Crippen LogP) is 5.44. The smallest absolute Gasteiger partial charge is 0.338 e. The van der Waals surface area contributed by atoms with Gasteiger partial charge in [-0.3, -0.25) is 14.4 Å². The van der Waals surface area contributed by atoms with Crippen molar-refractivity contribution in [1.82, 2.24) is 0 Å². The van der Waals surface area contributed by atoms with Crippen LogP contribution in [0.3, 0.4) is 0 Å². The van der Waals surface area contributed by atoms with Crippen molar-refractivity contribution in [2.24, 2.45) is 0 Å². The molecule has 10 atom stereocenters. The van der Waals surface area contributed by atoms with Gasteiger partial charge in [0.05, 0.1) is 22.8 Å². The summed E-state index contributed by atoms with van der Waals surface area (Å²) in [5.41, 5.74) is 0.418. The lowest BCUT2D eigenvalue weighted by Crippen LogP contribution is -2.67. The van der Waals surface area contributed by atoms with Gasteiger partial charge >= 0.3 is 41.4 Å². The average Bonchev–Trinajstić information content (AvgIpc) is 3.30. The Balaban J connectivity index is 1.35. The van der Waals surface area contributed by atoms with E-state index in [1.54, 1.807) is 67.6 Å². The van der Waals surface area contributed by atoms with Crippen LogP contribution >= 0.6 is 0 Å². The fraction of sp³-hybridized carbons (Fsp3) is 0.327. The van der Waals surface area contributed by atoms with E-state index >= 15 is 0 Å². The summed E-state index contributed by atoms with van der Waals surface area (Å²) in [6.07, 6.45) is -16.0. The van der Waals surface area contributed by atoms with Crippen LogP contribution in [0.1, 0.15) is 64.3 Å². The molecule has 0 aliphatic carbocycles. The lowest BCUT2D eigenvalue weighted by Gasteiger charge is -2.48. The van der Waals surface area contributed by atoms with Gasteiger partial charge in [-0.25, -0.2) is 19.2 Å². The third kappa shape index (κ3) is 11.7. The van der Waals surface area contributed by atoms with Crippen molar-refractivity contribution in [2.75, 3.05) is 6.61 Å². The molecule has 350 valence electrons. The van der Waals surface area contributed by atoms with Crippen LogP contribution in [-0.4, -0.2) is 104 Å². The van der Waals surface area contributed by atoms with Crippen LogP contribution in [0.15, 0.2) is 124 Å². The minimum absolute atomic E-state index is 0.0335. The second-order valence-electron chi connectivity index (χ2n) is 15.5. The SMILES string of the molecule is CC(=O)OC[C@H]1O[C@@H](Oc2ccc3c(C)cc(=O)oc3c2)[C@H](O[C@@H]2O[C@@H](C)[C@@H](OC(=O)c3ccccc3)[C@@H](OC(=O)c3ccccc3)[C@@H]2OC(=O)c2ccccc2)[C@@H](OC(C)=O)[C@H]1OC(C)=O. The number of aryl methyl sites for hydroxylation is 1. The molecule has 67 heavy (non-hydrogen) atoms. The molecule has 0 bridgehead atoms. The number of fused-ring (bicyclic) bond motifs is 1. The van der Waals surface area contributed by atoms with E-state index in [2.05, 4.69) is 0 Å². The molecular formula is C49H46O18. The Morgan fingerprint density at radius 1 is 0.537 bits per heavy atom. The van der Waals surface area contributed by atoms with Crippen molar-refractivity contribution >= 4 is 46.8 Å². The zero-order chi connectivity index (χ0) is 47.8. The van der Waals surface area contributed by atoms with Crippen LogP contribution < -0.4 is 10.4 Å². The Kier molecular flexibility index (Phi) is 15.1. The summed E-state index contributed by atoms with van der Waals surface area (Å²) in [5, 5.41) is 0.580. The fourth-order valence-corrected chi connectivity index (χ4v) is 7.58. The highest BCUT2D eigenvalue weighted by atomic mass is 16.8. The minimum Gasteiger partial charge on any atom is -0.463 e. The molecular weight excluding hydrogens is 877 g/mol. The number of hydrogen-bond donors (Lipinski definition) is 0. The monoisotopic (exact) mass is 922 g/mol. The average molecular weight is 923 g/mol. The number of carbonyl (C=O) groups excluding carboxylic acids is 6. The van der Waals surface area contributed by atoms with Gasteiger partial charge in [0, 0.05) is 38.3 Å². The van der Waals surface area contributed by atoms with Crippen molar-refractivity contribution in [3.63, 3.8) is 0 Å². The van der Waals surface area contributed by atoms with E-state index in [4.69, 9.17) is 51.8 Å². The van der Waals surface area contributed by atoms with E-state index in [0.717, 1.165) is 20.8 Å². The molecule has 3 heterocycles. The summed E-state index contributed by atoms with van der Waals surface area (Å²) in [7, 11) is 0. The van der Waals surface area contributed by atoms with E-state index in [1.807, 2.05) is 0 Å². The molecule has 2 fully saturated rings. The first-order valence-corrected chi connectivity index (χ1v) is 21.1. The number of rotatable bonds is 14. The Morgan fingerprint density at radius 2 is 1.04 bits per heavy atom. The first-order chi connectivity index (χ1) is 32.1. The van der Waals surface area contributed by atoms with E-state index in [9.17, 15) is 33.6 Å². The van der Waals surface area contributed by atoms with Crippen molar-refractivity contribution in [1.29, 1.82) is 0 Å². The van der Waals surface area contributed by atoms with Gasteiger partial charge < -0.3 is 51.8 Å². The van der Waals surface area contributed by atoms with Crippen LogP contribution in [0.4, 0.5) is 0 Å². The highest BCUT2D eigenvalue weighted by molar-refractivity contribution is 5.91. The molecule has 2 aliphatic heterocycles. The van der Waals surface area contributed by atoms with Crippen LogP contribution in [0.2, 0.25) is 0 Å². The number of ether oxygens (including phenoxy) is 10. The van der Waals surface area contributed by atoms with Crippen molar-refractivity contribution in [3.05, 3.63) is 148 Å². The molecule has 18 nitrogen and oxygen atoms in total. The zero-order valence-electron chi connectivity index (χ0n) is 36.8. The van der Waals surface area contributed by atoms with Crippen LogP contribution in [0.25, 0.3) is 11.0 Å². The Morgan fingerprint density at radius 3 is 1.58 bits per heavy atom. The van der Waals surface area contributed by atoms with Crippen molar-refractivity contribution < 1.29 is 80.6 Å². The maximum Gasteiger partial charge on any atom is 0.338 e. The summed E-state index contributed by atoms with van der Waals surface area (Å²) in [6.45, 7) is 5.98. The summed E-state index contributed by atoms with van der Waals surface area (Å²) in [5.74, 6) is -5.11. The molecule has 0 radical (unpaired) electrons. The van der Waals surface area contributed by atoms with E-state index in [-0.39, 0.29) is 28.0 Å². The van der Waals surface area contributed by atoms with Crippen LogP contribution in [-0.2, 0) is 57.0 Å². The maximum absolute atomic E-state index is 14.1. The molecule has 7 rings (SSSR count). The molecule has 5 aromatic rings. The highest BCUT2D eigenvalue weighted by Gasteiger charge is 2.57. The largest absolute Gasteiger partial charge is 0.463 e. The molecule has 4 aromatic carbocycles. The first-order valence-electron chi connectivity index (χ1n) is 21.1. The molecule has 0 spiro atoms. The molecule has 0 saturated carbocycles. The van der Waals surface area contributed by atoms with Crippen molar-refractivity contribution in [3.8, 4) is 5.75 Å². The standard InChI is InChI=1S/C49H46O18/c1-26-23-38(53)62-36-24-34(21-22-35(26)36)61-49-44(42(60-30(5)52)40(59-29(4)51)37(63-49)25-57-28(3)50)67-48-43(66-47(56)33-19-13-8-14-20-33)41(65-46(55)32-17-11-7-12-18-32)39(27(2)58-48)64-45(54)31-15-9-6-10-16-31/h6-24,27,37,39-44,48-49H,25H2,1-5H3/t27-,37+,39+,40-,41+,42-,43-,44+,48-,49+/m0/s1. The van der Waals surface area contributed by atoms with Crippen molar-refractivity contribution in [2.45, 2.75) is 96.0 Å². The molecule has 2 aliphatic rings. The van der Waals surface area contributed by atoms with Gasteiger partial charge in [-0.1, -0.05) is 54.6 Å². The van der Waals surface area contributed by atoms with Gasteiger partial charge in [-0.15, -0.1) is 0 Å². The van der Waals surface area contributed by atoms with Gasteiger partial charge in [0.25, 0.3) is 0 Å². The van der Waals surface area contributed by atoms with Gasteiger partial charge in [0.2, 0.25) is 6.29 Å². The van der Waals surface area contributed by atoms with Gasteiger partial charge in [-0.05, 0) is 67.9 Å². The van der Waals surface area contributed by atoms with Gasteiger partial charge in [0.15, 0.2) is 42.9 Å². The molecule has 0 N–H and O–H groups in total. The molecule has 1 aromatic heterocycles. The topological polar surface area (TPSA) is 225 Å². The Labute approximate surface area is 382 Å². The van der Waals surface area contributed by atoms with Crippen LogP contribution in [0, 0.1) is 6.92 Å². The molecule has 0 amide bonds. The third-order valence-corrected chi connectivity index (χ3v) is 10.6. The minimum atomic E-state index is -1.82. The Bertz CT molecular complexity index is 2630. The van der Waals surface area contributed by atoms with Crippen LogP contribution in [0.5, 0.6) is 5.75 Å². The highest BCUT2D eigenvalue weighted by Crippen LogP contribution is 2.37. The Hall–Kier alpha value is -7.41. The quantitative estimate of drug-likeness (QED) is 0.0768. The summed E-state index contributed by atoms with van der Waals surface area (Å²) >= 11 is 0. The zero-order valence-corrected chi connectivity index (χ0v) is 36.8. The summed E-state index contributed by atoms with van der Waals surface area (Å²) in [4.78, 5) is 91.9. The molecule has 2 saturated heterocycles. The predicted molar refractivity (Wildman–Crippen MR) is 230 cm³/mol. The number of hydrogen-bond acceptors (Lipinski definition) is 18. The molecule has 18 heteroatoms. The first kappa shape index (κ1) is 47.5. The summed E-state index contributed by atoms with van der Waals surface area (Å²) < 4.78 is 66.3. The fourth-order valence-electron chi connectivity index (χ4n) is 7.58. The van der Waals surface area contributed by atoms with Gasteiger partial charge in [-0.2, -0.15) is 0 Å².